The van der Waals surface area contributed by atoms with Crippen molar-refractivity contribution in [1.82, 2.24) is 0 Å². The predicted octanol–water partition coefficient (Wildman–Crippen LogP) is 1.49. The highest BCUT2D eigenvalue weighted by atomic mass is 32.2. The van der Waals surface area contributed by atoms with Gasteiger partial charge in [-0.3, -0.25) is 0 Å². The molecular weight excluding hydrogens is 158 g/mol. The van der Waals surface area contributed by atoms with Gasteiger partial charge < -0.3 is 10.5 Å². The van der Waals surface area contributed by atoms with E-state index in [-0.39, 0.29) is 0 Å². The van der Waals surface area contributed by atoms with E-state index in [2.05, 4.69) is 6.92 Å². The molecular formula is C8H19NOS. The van der Waals surface area contributed by atoms with E-state index >= 15 is 0 Å². The van der Waals surface area contributed by atoms with E-state index in [9.17, 15) is 0 Å². The first kappa shape index (κ1) is 11.3. The summed E-state index contributed by atoms with van der Waals surface area (Å²) in [6, 6.07) is 0.331. The highest BCUT2D eigenvalue weighted by Gasteiger charge is 2.01. The van der Waals surface area contributed by atoms with Gasteiger partial charge in [-0.05, 0) is 19.1 Å². The number of ether oxygens (including phenoxy) is 1. The molecule has 0 aromatic heterocycles. The van der Waals surface area contributed by atoms with E-state index in [4.69, 9.17) is 10.5 Å². The second kappa shape index (κ2) is 6.95. The molecule has 0 bridgehead atoms. The predicted molar refractivity (Wildman–Crippen MR) is 52.1 cm³/mol. The van der Waals surface area contributed by atoms with Crippen molar-refractivity contribution in [2.45, 2.75) is 31.6 Å². The smallest absolute Gasteiger partial charge is 0.0578 e. The highest BCUT2D eigenvalue weighted by molar-refractivity contribution is 7.99. The van der Waals surface area contributed by atoms with Crippen molar-refractivity contribution in [1.29, 1.82) is 0 Å². The first-order chi connectivity index (χ1) is 5.16. The van der Waals surface area contributed by atoms with Crippen LogP contribution in [0.1, 0.15) is 20.3 Å². The zero-order valence-corrected chi connectivity index (χ0v) is 8.49. The van der Waals surface area contributed by atoms with Crippen LogP contribution in [0.2, 0.25) is 0 Å². The van der Waals surface area contributed by atoms with Gasteiger partial charge in [0.15, 0.2) is 0 Å². The second-order valence-corrected chi connectivity index (χ2v) is 4.45. The van der Waals surface area contributed by atoms with Gasteiger partial charge in [0.25, 0.3) is 0 Å². The van der Waals surface area contributed by atoms with Gasteiger partial charge in [0.2, 0.25) is 0 Å². The molecule has 68 valence electrons. The van der Waals surface area contributed by atoms with Crippen LogP contribution in [0.15, 0.2) is 0 Å². The van der Waals surface area contributed by atoms with Crippen molar-refractivity contribution in [3.05, 3.63) is 0 Å². The van der Waals surface area contributed by atoms with Gasteiger partial charge >= 0.3 is 0 Å². The summed E-state index contributed by atoms with van der Waals surface area (Å²) in [6.45, 7) is 5.06. The molecule has 0 radical (unpaired) electrons. The van der Waals surface area contributed by atoms with Crippen LogP contribution in [0.25, 0.3) is 0 Å². The number of rotatable bonds is 6. The normalized spacial score (nSPS) is 16.4. The quantitative estimate of drug-likeness (QED) is 0.667. The Balaban J connectivity index is 3.10. The fourth-order valence-corrected chi connectivity index (χ4v) is 1.88. The molecule has 2 N–H and O–H groups in total. The zero-order valence-electron chi connectivity index (χ0n) is 7.67. The van der Waals surface area contributed by atoms with Crippen molar-refractivity contribution in [3.63, 3.8) is 0 Å². The molecule has 0 fully saturated rings. The fraction of sp³-hybridized carbons (Fsp3) is 1.00. The third-order valence-corrected chi connectivity index (χ3v) is 2.55. The maximum Gasteiger partial charge on any atom is 0.0578 e. The molecule has 0 aromatic carbocycles. The lowest BCUT2D eigenvalue weighted by molar-refractivity contribution is 0.203. The minimum atomic E-state index is 0.331. The van der Waals surface area contributed by atoms with Gasteiger partial charge in [-0.2, -0.15) is 11.8 Å². The van der Waals surface area contributed by atoms with E-state index in [1.54, 1.807) is 7.11 Å². The highest BCUT2D eigenvalue weighted by Crippen LogP contribution is 2.11. The van der Waals surface area contributed by atoms with E-state index in [1.807, 2.05) is 18.7 Å². The molecule has 11 heavy (non-hydrogen) atoms. The third-order valence-electron chi connectivity index (χ3n) is 1.38. The van der Waals surface area contributed by atoms with Crippen LogP contribution in [-0.4, -0.2) is 30.8 Å². The van der Waals surface area contributed by atoms with E-state index < -0.39 is 0 Å². The molecule has 0 spiro atoms. The number of nitrogens with two attached hydrogens (primary N) is 1. The second-order valence-electron chi connectivity index (χ2n) is 2.90. The summed E-state index contributed by atoms with van der Waals surface area (Å²) >= 11 is 1.92. The van der Waals surface area contributed by atoms with Crippen LogP contribution in [-0.2, 0) is 4.74 Å². The summed E-state index contributed by atoms with van der Waals surface area (Å²) in [5, 5.41) is 0.596. The largest absolute Gasteiger partial charge is 0.384 e. The Morgan fingerprint density at radius 3 is 2.55 bits per heavy atom. The average Bonchev–Trinajstić information content (AvgIpc) is 1.87. The van der Waals surface area contributed by atoms with E-state index in [1.165, 1.54) is 0 Å². The van der Waals surface area contributed by atoms with E-state index in [0.717, 1.165) is 18.8 Å². The SMILES string of the molecule is COCC(C)SCCC(C)N. The van der Waals surface area contributed by atoms with Crippen molar-refractivity contribution in [2.75, 3.05) is 19.5 Å². The van der Waals surface area contributed by atoms with Crippen molar-refractivity contribution in [2.24, 2.45) is 5.73 Å². The Morgan fingerprint density at radius 1 is 1.45 bits per heavy atom. The summed E-state index contributed by atoms with van der Waals surface area (Å²) in [6.07, 6.45) is 1.10. The molecule has 0 heterocycles. The molecule has 0 amide bonds. The van der Waals surface area contributed by atoms with Crippen molar-refractivity contribution >= 4 is 11.8 Å². The zero-order chi connectivity index (χ0) is 8.69. The summed E-state index contributed by atoms with van der Waals surface area (Å²) in [5.41, 5.74) is 5.61. The Morgan fingerprint density at radius 2 is 2.09 bits per heavy atom. The first-order valence-corrected chi connectivity index (χ1v) is 5.07. The molecule has 0 aliphatic carbocycles. The van der Waals surface area contributed by atoms with Crippen LogP contribution >= 0.6 is 11.8 Å². The van der Waals surface area contributed by atoms with Crippen LogP contribution in [0.3, 0.4) is 0 Å². The van der Waals surface area contributed by atoms with Gasteiger partial charge in [-0.15, -0.1) is 0 Å². The Bertz CT molecular complexity index is 88.2. The first-order valence-electron chi connectivity index (χ1n) is 4.03. The molecule has 3 heteroatoms. The third kappa shape index (κ3) is 8.17. The summed E-state index contributed by atoms with van der Waals surface area (Å²) in [5.74, 6) is 1.14. The summed E-state index contributed by atoms with van der Waals surface area (Å²) in [4.78, 5) is 0. The number of hydrogen-bond acceptors (Lipinski definition) is 3. The van der Waals surface area contributed by atoms with Gasteiger partial charge in [0.05, 0.1) is 6.61 Å². The van der Waals surface area contributed by atoms with Crippen molar-refractivity contribution in [3.8, 4) is 0 Å². The molecule has 0 saturated carbocycles. The summed E-state index contributed by atoms with van der Waals surface area (Å²) in [7, 11) is 1.74. The molecule has 0 saturated heterocycles. The Labute approximate surface area is 73.9 Å². The van der Waals surface area contributed by atoms with Crippen LogP contribution < -0.4 is 5.73 Å². The van der Waals surface area contributed by atoms with E-state index in [0.29, 0.717) is 11.3 Å². The van der Waals surface area contributed by atoms with Gasteiger partial charge in [0.1, 0.15) is 0 Å². The minimum Gasteiger partial charge on any atom is -0.384 e. The molecule has 2 atom stereocenters. The average molecular weight is 177 g/mol. The number of thioether (sulfide) groups is 1. The molecule has 0 rings (SSSR count). The lowest BCUT2D eigenvalue weighted by Crippen LogP contribution is -2.16. The fourth-order valence-electron chi connectivity index (χ4n) is 0.738. The summed E-state index contributed by atoms with van der Waals surface area (Å²) < 4.78 is 5.01. The standard InChI is InChI=1S/C8H19NOS/c1-7(9)4-5-11-8(2)6-10-3/h7-8H,4-6,9H2,1-3H3. The van der Waals surface area contributed by atoms with Gasteiger partial charge in [-0.1, -0.05) is 6.92 Å². The lowest BCUT2D eigenvalue weighted by Gasteiger charge is -2.10. The number of hydrogen-bond donors (Lipinski definition) is 1. The molecule has 0 aliphatic rings. The molecule has 0 aromatic rings. The van der Waals surface area contributed by atoms with Gasteiger partial charge in [0, 0.05) is 18.4 Å². The topological polar surface area (TPSA) is 35.2 Å². The Hall–Kier alpha value is 0.270. The molecule has 2 nitrogen and oxygen atoms in total. The number of methoxy groups -OCH3 is 1. The van der Waals surface area contributed by atoms with Crippen LogP contribution in [0.4, 0.5) is 0 Å². The molecule has 0 aliphatic heterocycles. The van der Waals surface area contributed by atoms with Crippen LogP contribution in [0, 0.1) is 0 Å². The molecule has 2 unspecified atom stereocenters. The van der Waals surface area contributed by atoms with Crippen molar-refractivity contribution < 1.29 is 4.74 Å². The van der Waals surface area contributed by atoms with Crippen LogP contribution in [0.5, 0.6) is 0 Å². The monoisotopic (exact) mass is 177 g/mol. The Kier molecular flexibility index (Phi) is 7.12. The maximum absolute atomic E-state index is 5.61. The van der Waals surface area contributed by atoms with Gasteiger partial charge in [-0.25, -0.2) is 0 Å². The minimum absolute atomic E-state index is 0.331. The lowest BCUT2D eigenvalue weighted by atomic mass is 10.3. The maximum atomic E-state index is 5.61.